The van der Waals surface area contributed by atoms with Gasteiger partial charge in [-0.15, -0.1) is 0 Å². The van der Waals surface area contributed by atoms with Crippen molar-refractivity contribution < 1.29 is 22.7 Å². The van der Waals surface area contributed by atoms with E-state index in [1.807, 2.05) is 7.05 Å². The fourth-order valence-electron chi connectivity index (χ4n) is 4.08. The molecule has 0 saturated carbocycles. The number of hydrogen-bond acceptors (Lipinski definition) is 4. The van der Waals surface area contributed by atoms with Gasteiger partial charge in [-0.25, -0.2) is 4.79 Å². The summed E-state index contributed by atoms with van der Waals surface area (Å²) in [7, 11) is 2.04. The fourth-order valence-corrected chi connectivity index (χ4v) is 4.21. The van der Waals surface area contributed by atoms with Crippen LogP contribution in [0.2, 0.25) is 5.02 Å². The number of likely N-dealkylation sites (N-methyl/N-ethyl adjacent to an activating group) is 1. The monoisotopic (exact) mass is 453 g/mol. The number of hydrogen-bond donors (Lipinski definition) is 0. The number of halogens is 4. The van der Waals surface area contributed by atoms with E-state index in [0.717, 1.165) is 38.3 Å². The van der Waals surface area contributed by atoms with Crippen molar-refractivity contribution in [2.24, 2.45) is 0 Å². The van der Waals surface area contributed by atoms with Crippen molar-refractivity contribution >= 4 is 23.4 Å². The Bertz CT molecular complexity index is 930. The standard InChI is InChI=1S/C22H23ClF3N3O2/c1-27-9-11-28(12-10-27)14-19-20(15-3-2-4-16(13-15)22(24,25)26)29(21(30)31-19)18-7-5-17(23)6-8-18/h2-8,13,19-20H,9-12,14H2,1H3/t19-,20-/m0/s1. The van der Waals surface area contributed by atoms with Gasteiger partial charge in [0, 0.05) is 43.4 Å². The normalized spacial score (nSPS) is 23.3. The van der Waals surface area contributed by atoms with E-state index in [4.69, 9.17) is 16.3 Å². The third-order valence-corrected chi connectivity index (χ3v) is 6.03. The summed E-state index contributed by atoms with van der Waals surface area (Å²) in [5.41, 5.74) is 0.159. The number of anilines is 1. The number of piperazine rings is 1. The number of alkyl halides is 3. The molecule has 1 amide bonds. The van der Waals surface area contributed by atoms with Gasteiger partial charge in [0.2, 0.25) is 0 Å². The van der Waals surface area contributed by atoms with Crippen LogP contribution in [0.15, 0.2) is 48.5 Å². The van der Waals surface area contributed by atoms with Crippen LogP contribution in [0, 0.1) is 0 Å². The number of amides is 1. The average molecular weight is 454 g/mol. The second-order valence-corrected chi connectivity index (χ2v) is 8.38. The van der Waals surface area contributed by atoms with Crippen molar-refractivity contribution in [3.8, 4) is 0 Å². The summed E-state index contributed by atoms with van der Waals surface area (Å²) in [6, 6.07) is 11.1. The molecule has 0 spiro atoms. The van der Waals surface area contributed by atoms with Crippen LogP contribution >= 0.6 is 11.6 Å². The molecule has 2 aliphatic rings. The summed E-state index contributed by atoms with van der Waals surface area (Å²) in [5.74, 6) is 0. The lowest BCUT2D eigenvalue weighted by molar-refractivity contribution is -0.137. The highest BCUT2D eigenvalue weighted by molar-refractivity contribution is 6.30. The minimum atomic E-state index is -4.47. The molecule has 2 atom stereocenters. The minimum absolute atomic E-state index is 0.384. The van der Waals surface area contributed by atoms with Crippen molar-refractivity contribution in [1.82, 2.24) is 9.80 Å². The van der Waals surface area contributed by atoms with E-state index in [0.29, 0.717) is 22.8 Å². The highest BCUT2D eigenvalue weighted by atomic mass is 35.5. The van der Waals surface area contributed by atoms with Crippen LogP contribution in [-0.4, -0.2) is 61.8 Å². The van der Waals surface area contributed by atoms with Crippen molar-refractivity contribution in [3.05, 3.63) is 64.7 Å². The van der Waals surface area contributed by atoms with E-state index < -0.39 is 30.0 Å². The maximum atomic E-state index is 13.4. The van der Waals surface area contributed by atoms with E-state index >= 15 is 0 Å². The molecule has 31 heavy (non-hydrogen) atoms. The molecule has 0 radical (unpaired) electrons. The van der Waals surface area contributed by atoms with E-state index in [1.165, 1.54) is 11.0 Å². The second kappa shape index (κ2) is 8.68. The Kier molecular flexibility index (Phi) is 6.14. The molecule has 2 saturated heterocycles. The molecule has 0 N–H and O–H groups in total. The first-order valence-electron chi connectivity index (χ1n) is 10.1. The number of nitrogens with zero attached hydrogens (tertiary/aromatic N) is 3. The molecule has 5 nitrogen and oxygen atoms in total. The van der Waals surface area contributed by atoms with E-state index in [-0.39, 0.29) is 0 Å². The van der Waals surface area contributed by atoms with E-state index in [2.05, 4.69) is 9.80 Å². The highest BCUT2D eigenvalue weighted by Crippen LogP contribution is 2.40. The van der Waals surface area contributed by atoms with Gasteiger partial charge in [-0.2, -0.15) is 13.2 Å². The van der Waals surface area contributed by atoms with Gasteiger partial charge in [0.1, 0.15) is 12.1 Å². The molecular formula is C22H23ClF3N3O2. The molecule has 2 aliphatic heterocycles. The smallest absolute Gasteiger partial charge is 0.416 e. The maximum absolute atomic E-state index is 13.4. The summed E-state index contributed by atoms with van der Waals surface area (Å²) in [6.07, 6.45) is -5.66. The Hall–Kier alpha value is -2.29. The quantitative estimate of drug-likeness (QED) is 0.674. The molecule has 0 bridgehead atoms. The van der Waals surface area contributed by atoms with Gasteiger partial charge >= 0.3 is 12.3 Å². The van der Waals surface area contributed by atoms with Crippen LogP contribution < -0.4 is 4.90 Å². The van der Waals surface area contributed by atoms with Crippen molar-refractivity contribution in [2.45, 2.75) is 18.3 Å². The summed E-state index contributed by atoms with van der Waals surface area (Å²) in [5, 5.41) is 0.501. The van der Waals surface area contributed by atoms with Gasteiger partial charge in [-0.05, 0) is 49.0 Å². The number of benzene rings is 2. The molecule has 0 aromatic heterocycles. The van der Waals surface area contributed by atoms with Gasteiger partial charge in [0.15, 0.2) is 0 Å². The maximum Gasteiger partial charge on any atom is 0.416 e. The molecule has 2 aromatic carbocycles. The Balaban J connectivity index is 1.69. The number of carbonyl (C=O) groups excluding carboxylic acids is 1. The van der Waals surface area contributed by atoms with Gasteiger partial charge in [0.25, 0.3) is 0 Å². The Labute approximate surface area is 183 Å². The zero-order valence-corrected chi connectivity index (χ0v) is 17.7. The number of ether oxygens (including phenoxy) is 1. The van der Waals surface area contributed by atoms with Crippen LogP contribution in [0.3, 0.4) is 0 Å². The van der Waals surface area contributed by atoms with Crippen LogP contribution in [0.1, 0.15) is 17.2 Å². The molecule has 166 valence electrons. The molecule has 2 fully saturated rings. The first-order chi connectivity index (χ1) is 14.7. The molecule has 4 rings (SSSR count). The van der Waals surface area contributed by atoms with Crippen molar-refractivity contribution in [3.63, 3.8) is 0 Å². The average Bonchev–Trinajstić information content (AvgIpc) is 3.05. The second-order valence-electron chi connectivity index (χ2n) is 7.94. The predicted molar refractivity (Wildman–Crippen MR) is 112 cm³/mol. The molecule has 9 heteroatoms. The minimum Gasteiger partial charge on any atom is -0.442 e. The van der Waals surface area contributed by atoms with Gasteiger partial charge in [0.05, 0.1) is 5.56 Å². The lowest BCUT2D eigenvalue weighted by Gasteiger charge is -2.35. The van der Waals surface area contributed by atoms with Crippen LogP contribution in [0.5, 0.6) is 0 Å². The van der Waals surface area contributed by atoms with Crippen molar-refractivity contribution in [2.75, 3.05) is 44.7 Å². The highest BCUT2D eigenvalue weighted by Gasteiger charge is 2.45. The van der Waals surface area contributed by atoms with E-state index in [9.17, 15) is 18.0 Å². The first-order valence-corrected chi connectivity index (χ1v) is 10.4. The summed E-state index contributed by atoms with van der Waals surface area (Å²) in [4.78, 5) is 18.7. The van der Waals surface area contributed by atoms with Gasteiger partial charge in [-0.1, -0.05) is 23.7 Å². The summed E-state index contributed by atoms with van der Waals surface area (Å²) < 4.78 is 45.8. The lowest BCUT2D eigenvalue weighted by Crippen LogP contribution is -2.48. The van der Waals surface area contributed by atoms with E-state index in [1.54, 1.807) is 30.3 Å². The van der Waals surface area contributed by atoms with Crippen LogP contribution in [0.4, 0.5) is 23.7 Å². The molecule has 0 aliphatic carbocycles. The largest absolute Gasteiger partial charge is 0.442 e. The SMILES string of the molecule is CN1CCN(C[C@@H]2OC(=O)N(c3ccc(Cl)cc3)[C@H]2c2cccc(C(F)(F)F)c2)CC1. The number of rotatable bonds is 4. The lowest BCUT2D eigenvalue weighted by atomic mass is 9.97. The third kappa shape index (κ3) is 4.81. The first kappa shape index (κ1) is 21.9. The fraction of sp³-hybridized carbons (Fsp3) is 0.409. The van der Waals surface area contributed by atoms with Crippen molar-refractivity contribution in [1.29, 1.82) is 0 Å². The molecule has 2 heterocycles. The molecule has 0 unspecified atom stereocenters. The van der Waals surface area contributed by atoms with Crippen LogP contribution in [0.25, 0.3) is 0 Å². The van der Waals surface area contributed by atoms with Crippen LogP contribution in [-0.2, 0) is 10.9 Å². The summed E-state index contributed by atoms with van der Waals surface area (Å²) in [6.45, 7) is 3.83. The predicted octanol–water partition coefficient (Wildman–Crippen LogP) is 4.67. The molecule has 2 aromatic rings. The number of cyclic esters (lactones) is 1. The topological polar surface area (TPSA) is 36.0 Å². The third-order valence-electron chi connectivity index (χ3n) is 5.77. The zero-order valence-electron chi connectivity index (χ0n) is 17.0. The molecular weight excluding hydrogens is 431 g/mol. The zero-order chi connectivity index (χ0) is 22.2. The Morgan fingerprint density at radius 2 is 1.74 bits per heavy atom. The Morgan fingerprint density at radius 1 is 1.06 bits per heavy atom. The summed E-state index contributed by atoms with van der Waals surface area (Å²) >= 11 is 5.98. The number of carbonyl (C=O) groups is 1. The van der Waals surface area contributed by atoms with Gasteiger partial charge < -0.3 is 9.64 Å². The van der Waals surface area contributed by atoms with Gasteiger partial charge in [-0.3, -0.25) is 9.80 Å². The Morgan fingerprint density at radius 3 is 2.39 bits per heavy atom.